The third kappa shape index (κ3) is 9.19. The van der Waals surface area contributed by atoms with E-state index in [0.29, 0.717) is 16.7 Å². The Morgan fingerprint density at radius 2 is 1.57 bits per heavy atom. The standard InChI is InChI=1S/C29H37N3O5/c1-9-19-10-14-21(15-11-19)24(25(34)31-28(2,3)4)32(8)26(35)23(30-27(36)37-29(5,6)7)18-20-12-16-22(33)17-13-20/h1,10-17,23-24,33H,18H2,2-8H3,(H,30,36)(H,31,34). The van der Waals surface area contributed by atoms with Gasteiger partial charge in [0, 0.05) is 24.6 Å². The molecular weight excluding hydrogens is 470 g/mol. The number of carbonyl (C=O) groups is 3. The van der Waals surface area contributed by atoms with Crippen LogP contribution < -0.4 is 10.6 Å². The molecule has 2 aromatic rings. The first-order valence-electron chi connectivity index (χ1n) is 12.0. The maximum atomic E-state index is 13.8. The van der Waals surface area contributed by atoms with Crippen LogP contribution in [0.3, 0.4) is 0 Å². The van der Waals surface area contributed by atoms with Crippen LogP contribution in [0.2, 0.25) is 0 Å². The van der Waals surface area contributed by atoms with Crippen molar-refractivity contribution in [1.29, 1.82) is 0 Å². The maximum absolute atomic E-state index is 13.8. The number of terminal acetylenes is 1. The molecular formula is C29H37N3O5. The number of rotatable bonds is 7. The van der Waals surface area contributed by atoms with Crippen LogP contribution in [0, 0.1) is 12.3 Å². The lowest BCUT2D eigenvalue weighted by Crippen LogP contribution is -2.54. The number of carbonyl (C=O) groups excluding carboxylic acids is 3. The molecule has 0 fully saturated rings. The number of phenols is 1. The molecule has 0 radical (unpaired) electrons. The van der Waals surface area contributed by atoms with Gasteiger partial charge in [0.25, 0.3) is 0 Å². The Balaban J connectivity index is 2.44. The molecule has 2 unspecified atom stereocenters. The lowest BCUT2D eigenvalue weighted by molar-refractivity contribution is -0.141. The third-order valence-electron chi connectivity index (χ3n) is 5.24. The van der Waals surface area contributed by atoms with E-state index < -0.39 is 35.2 Å². The van der Waals surface area contributed by atoms with E-state index in [1.165, 1.54) is 24.1 Å². The fourth-order valence-electron chi connectivity index (χ4n) is 3.64. The van der Waals surface area contributed by atoms with Gasteiger partial charge >= 0.3 is 6.09 Å². The van der Waals surface area contributed by atoms with Crippen molar-refractivity contribution in [2.45, 2.75) is 71.2 Å². The number of likely N-dealkylation sites (N-methyl/N-ethyl adjacent to an activating group) is 1. The molecule has 0 saturated heterocycles. The number of benzene rings is 2. The number of amides is 3. The van der Waals surface area contributed by atoms with E-state index >= 15 is 0 Å². The molecule has 0 aliphatic rings. The normalized spacial score (nSPS) is 13.0. The van der Waals surface area contributed by atoms with Gasteiger partial charge in [-0.2, -0.15) is 0 Å². The van der Waals surface area contributed by atoms with E-state index in [9.17, 15) is 19.5 Å². The number of phenolic OH excluding ortho intramolecular Hbond substituents is 1. The first kappa shape index (κ1) is 29.2. The van der Waals surface area contributed by atoms with Crippen molar-refractivity contribution < 1.29 is 24.2 Å². The Kier molecular flexibility index (Phi) is 9.35. The van der Waals surface area contributed by atoms with Crippen LogP contribution in [-0.2, 0) is 20.7 Å². The summed E-state index contributed by atoms with van der Waals surface area (Å²) < 4.78 is 5.38. The molecule has 3 amide bonds. The summed E-state index contributed by atoms with van der Waals surface area (Å²) >= 11 is 0. The molecule has 3 N–H and O–H groups in total. The number of hydrogen-bond acceptors (Lipinski definition) is 5. The van der Waals surface area contributed by atoms with Crippen molar-refractivity contribution in [1.82, 2.24) is 15.5 Å². The highest BCUT2D eigenvalue weighted by atomic mass is 16.6. The molecule has 2 atom stereocenters. The predicted molar refractivity (Wildman–Crippen MR) is 143 cm³/mol. The largest absolute Gasteiger partial charge is 0.508 e. The van der Waals surface area contributed by atoms with Crippen molar-refractivity contribution in [3.05, 3.63) is 65.2 Å². The predicted octanol–water partition coefficient (Wildman–Crippen LogP) is 3.92. The van der Waals surface area contributed by atoms with Crippen LogP contribution in [0.1, 0.15) is 64.3 Å². The summed E-state index contributed by atoms with van der Waals surface area (Å²) in [5, 5.41) is 15.2. The minimum Gasteiger partial charge on any atom is -0.508 e. The van der Waals surface area contributed by atoms with Crippen LogP contribution in [0.5, 0.6) is 5.75 Å². The second-order valence-electron chi connectivity index (χ2n) is 10.9. The number of nitrogens with zero attached hydrogens (tertiary/aromatic N) is 1. The molecule has 0 saturated carbocycles. The Labute approximate surface area is 219 Å². The van der Waals surface area contributed by atoms with E-state index in [-0.39, 0.29) is 18.1 Å². The number of aromatic hydroxyl groups is 1. The Morgan fingerprint density at radius 3 is 2.05 bits per heavy atom. The molecule has 8 nitrogen and oxygen atoms in total. The van der Waals surface area contributed by atoms with Gasteiger partial charge < -0.3 is 25.4 Å². The minimum atomic E-state index is -1.04. The van der Waals surface area contributed by atoms with Crippen molar-refractivity contribution in [2.75, 3.05) is 7.05 Å². The fraction of sp³-hybridized carbons (Fsp3) is 0.414. The average Bonchev–Trinajstić information content (AvgIpc) is 2.77. The van der Waals surface area contributed by atoms with Gasteiger partial charge in [0.1, 0.15) is 23.4 Å². The van der Waals surface area contributed by atoms with Crippen molar-refractivity contribution >= 4 is 17.9 Å². The van der Waals surface area contributed by atoms with Gasteiger partial charge in [-0.15, -0.1) is 6.42 Å². The lowest BCUT2D eigenvalue weighted by Gasteiger charge is -2.33. The quantitative estimate of drug-likeness (QED) is 0.493. The van der Waals surface area contributed by atoms with Crippen LogP contribution >= 0.6 is 0 Å². The van der Waals surface area contributed by atoms with Crippen molar-refractivity contribution in [2.24, 2.45) is 0 Å². The van der Waals surface area contributed by atoms with Gasteiger partial charge in [0.2, 0.25) is 11.8 Å². The van der Waals surface area contributed by atoms with Gasteiger partial charge in [-0.1, -0.05) is 30.2 Å². The van der Waals surface area contributed by atoms with Gasteiger partial charge in [-0.25, -0.2) is 4.79 Å². The monoisotopic (exact) mass is 507 g/mol. The van der Waals surface area contributed by atoms with Gasteiger partial charge in [0.15, 0.2) is 0 Å². The molecule has 198 valence electrons. The molecule has 2 rings (SSSR count). The lowest BCUT2D eigenvalue weighted by atomic mass is 9.99. The zero-order valence-electron chi connectivity index (χ0n) is 22.6. The Morgan fingerprint density at radius 1 is 1.00 bits per heavy atom. The summed E-state index contributed by atoms with van der Waals surface area (Å²) in [6, 6.07) is 11.1. The zero-order valence-corrected chi connectivity index (χ0v) is 22.6. The highest BCUT2D eigenvalue weighted by Crippen LogP contribution is 2.23. The van der Waals surface area contributed by atoms with E-state index in [1.54, 1.807) is 57.2 Å². The summed E-state index contributed by atoms with van der Waals surface area (Å²) in [7, 11) is 1.52. The first-order chi connectivity index (χ1) is 17.1. The maximum Gasteiger partial charge on any atom is 0.408 e. The molecule has 0 bridgehead atoms. The third-order valence-corrected chi connectivity index (χ3v) is 5.24. The number of alkyl carbamates (subject to hydrolysis) is 1. The molecule has 2 aromatic carbocycles. The average molecular weight is 508 g/mol. The molecule has 0 spiro atoms. The fourth-order valence-corrected chi connectivity index (χ4v) is 3.64. The van der Waals surface area contributed by atoms with Crippen LogP contribution in [0.4, 0.5) is 4.79 Å². The van der Waals surface area contributed by atoms with E-state index in [4.69, 9.17) is 11.2 Å². The molecule has 0 aliphatic heterocycles. The second-order valence-corrected chi connectivity index (χ2v) is 10.9. The van der Waals surface area contributed by atoms with E-state index in [1.807, 2.05) is 20.8 Å². The van der Waals surface area contributed by atoms with Gasteiger partial charge in [-0.05, 0) is 76.9 Å². The van der Waals surface area contributed by atoms with Gasteiger partial charge in [0.05, 0.1) is 0 Å². The Hall–Kier alpha value is -3.99. The van der Waals surface area contributed by atoms with Crippen molar-refractivity contribution in [3.8, 4) is 18.1 Å². The summed E-state index contributed by atoms with van der Waals surface area (Å²) in [6.07, 6.45) is 4.84. The topological polar surface area (TPSA) is 108 Å². The zero-order chi connectivity index (χ0) is 28.0. The molecule has 8 heteroatoms. The Bertz CT molecular complexity index is 1140. The summed E-state index contributed by atoms with van der Waals surface area (Å²) in [5.41, 5.74) is 0.602. The van der Waals surface area contributed by atoms with Crippen LogP contribution in [0.15, 0.2) is 48.5 Å². The first-order valence-corrected chi connectivity index (χ1v) is 12.0. The van der Waals surface area contributed by atoms with Crippen molar-refractivity contribution in [3.63, 3.8) is 0 Å². The van der Waals surface area contributed by atoms with Crippen LogP contribution in [-0.4, -0.2) is 52.1 Å². The van der Waals surface area contributed by atoms with E-state index in [2.05, 4.69) is 16.6 Å². The SMILES string of the molecule is C#Cc1ccc(C(C(=O)NC(C)(C)C)N(C)C(=O)C(Cc2ccc(O)cc2)NC(=O)OC(C)(C)C)cc1. The molecule has 0 aliphatic carbocycles. The minimum absolute atomic E-state index is 0.0816. The summed E-state index contributed by atoms with van der Waals surface area (Å²) in [4.78, 5) is 41.2. The molecule has 37 heavy (non-hydrogen) atoms. The van der Waals surface area contributed by atoms with E-state index in [0.717, 1.165) is 0 Å². The molecule has 0 heterocycles. The number of hydrogen-bond donors (Lipinski definition) is 3. The smallest absolute Gasteiger partial charge is 0.408 e. The summed E-state index contributed by atoms with van der Waals surface area (Å²) in [6.45, 7) is 10.7. The summed E-state index contributed by atoms with van der Waals surface area (Å²) in [5.74, 6) is 1.75. The van der Waals surface area contributed by atoms with Gasteiger partial charge in [-0.3, -0.25) is 9.59 Å². The van der Waals surface area contributed by atoms with Crippen LogP contribution in [0.25, 0.3) is 0 Å². The number of nitrogens with one attached hydrogen (secondary N) is 2. The molecule has 0 aromatic heterocycles. The number of ether oxygens (including phenoxy) is 1. The highest BCUT2D eigenvalue weighted by molar-refractivity contribution is 5.92. The highest BCUT2D eigenvalue weighted by Gasteiger charge is 2.35. The second kappa shape index (κ2) is 11.8.